The third-order valence-corrected chi connectivity index (χ3v) is 7.22. The molecular weight excluding hydrogens is 383 g/mol. The van der Waals surface area contributed by atoms with E-state index < -0.39 is 0 Å². The van der Waals surface area contributed by atoms with Gasteiger partial charge in [-0.05, 0) is 56.7 Å². The van der Waals surface area contributed by atoms with Crippen LogP contribution in [0.5, 0.6) is 0 Å². The highest BCUT2D eigenvalue weighted by molar-refractivity contribution is 5.99. The van der Waals surface area contributed by atoms with Crippen molar-refractivity contribution in [3.05, 3.63) is 35.3 Å². The highest BCUT2D eigenvalue weighted by Gasteiger charge is 2.38. The monoisotopic (exact) mass is 412 g/mol. The molecule has 5 rings (SSSR count). The summed E-state index contributed by atoms with van der Waals surface area (Å²) in [5, 5.41) is 3.64. The molecule has 0 bridgehead atoms. The van der Waals surface area contributed by atoms with Gasteiger partial charge in [-0.15, -0.1) is 0 Å². The van der Waals surface area contributed by atoms with Gasteiger partial charge in [0.05, 0.1) is 5.52 Å². The fraction of sp³-hybridized carbons (Fsp3) is 0.565. The number of hydrogen-bond donors (Lipinski definition) is 2. The first-order chi connectivity index (χ1) is 14.5. The molecule has 2 amide bonds. The summed E-state index contributed by atoms with van der Waals surface area (Å²) in [6, 6.07) is 5.71. The number of aryl methyl sites for hydroxylation is 1. The topological polar surface area (TPSA) is 68.4 Å². The summed E-state index contributed by atoms with van der Waals surface area (Å²) in [6.07, 6.45) is 5.78. The van der Waals surface area contributed by atoms with Gasteiger partial charge in [0, 0.05) is 49.6 Å². The molecule has 2 aromatic rings. The molecule has 1 aromatic carbocycles. The van der Waals surface area contributed by atoms with Crippen molar-refractivity contribution in [2.45, 2.75) is 63.6 Å². The fourth-order valence-corrected chi connectivity index (χ4v) is 5.56. The average molecular weight is 413 g/mol. The van der Waals surface area contributed by atoms with E-state index in [1.54, 1.807) is 12.1 Å². The number of amides is 2. The molecule has 6 nitrogen and oxygen atoms in total. The van der Waals surface area contributed by atoms with Crippen LogP contribution in [0, 0.1) is 12.7 Å². The first-order valence-corrected chi connectivity index (χ1v) is 11.1. The largest absolute Gasteiger partial charge is 0.350 e. The number of halogens is 1. The molecule has 1 unspecified atom stereocenters. The van der Waals surface area contributed by atoms with E-state index in [0.29, 0.717) is 41.0 Å². The summed E-state index contributed by atoms with van der Waals surface area (Å²) in [6.45, 7) is 4.62. The lowest BCUT2D eigenvalue weighted by molar-refractivity contribution is -0.131. The summed E-state index contributed by atoms with van der Waals surface area (Å²) in [5.41, 5.74) is 2.02. The molecule has 1 saturated carbocycles. The van der Waals surface area contributed by atoms with E-state index in [1.807, 2.05) is 6.92 Å². The number of rotatable bonds is 3. The van der Waals surface area contributed by atoms with E-state index in [2.05, 4.69) is 20.1 Å². The fourth-order valence-electron chi connectivity index (χ4n) is 5.56. The van der Waals surface area contributed by atoms with Crippen LogP contribution in [0.25, 0.3) is 10.9 Å². The highest BCUT2D eigenvalue weighted by atomic mass is 19.1. The molecule has 3 aliphatic rings. The average Bonchev–Trinajstić information content (AvgIpc) is 3.36. The van der Waals surface area contributed by atoms with Crippen molar-refractivity contribution in [3.63, 3.8) is 0 Å². The lowest BCUT2D eigenvalue weighted by atomic mass is 9.89. The van der Waals surface area contributed by atoms with Gasteiger partial charge in [-0.3, -0.25) is 14.5 Å². The molecule has 1 aromatic heterocycles. The molecule has 2 N–H and O–H groups in total. The van der Waals surface area contributed by atoms with E-state index in [9.17, 15) is 14.0 Å². The zero-order valence-electron chi connectivity index (χ0n) is 17.4. The molecule has 3 heterocycles. The maximum atomic E-state index is 14.1. The number of nitrogens with one attached hydrogen (secondary N) is 2. The summed E-state index contributed by atoms with van der Waals surface area (Å²) in [4.78, 5) is 32.5. The third-order valence-electron chi connectivity index (χ3n) is 7.22. The number of carbonyl (C=O) groups excluding carboxylic acids is 2. The second-order valence-corrected chi connectivity index (χ2v) is 9.10. The van der Waals surface area contributed by atoms with Gasteiger partial charge in [0.25, 0.3) is 5.91 Å². The lowest BCUT2D eigenvalue weighted by Crippen LogP contribution is -2.56. The van der Waals surface area contributed by atoms with Gasteiger partial charge in [0.2, 0.25) is 5.91 Å². The number of piperazine rings is 1. The Hall–Kier alpha value is -2.41. The zero-order chi connectivity index (χ0) is 20.8. The summed E-state index contributed by atoms with van der Waals surface area (Å²) in [7, 11) is 0. The second-order valence-electron chi connectivity index (χ2n) is 9.10. The third kappa shape index (κ3) is 3.49. The van der Waals surface area contributed by atoms with Crippen molar-refractivity contribution in [1.82, 2.24) is 20.1 Å². The molecule has 3 atom stereocenters. The molecule has 7 heteroatoms. The van der Waals surface area contributed by atoms with E-state index in [0.717, 1.165) is 57.3 Å². The Morgan fingerprint density at radius 1 is 1.20 bits per heavy atom. The van der Waals surface area contributed by atoms with Crippen LogP contribution < -0.4 is 5.32 Å². The van der Waals surface area contributed by atoms with Crippen LogP contribution in [0.2, 0.25) is 0 Å². The first kappa shape index (κ1) is 19.5. The minimum atomic E-state index is -0.312. The van der Waals surface area contributed by atoms with Gasteiger partial charge >= 0.3 is 0 Å². The van der Waals surface area contributed by atoms with Crippen molar-refractivity contribution in [2.24, 2.45) is 0 Å². The van der Waals surface area contributed by atoms with Crippen LogP contribution in [0.3, 0.4) is 0 Å². The van der Waals surface area contributed by atoms with E-state index in [-0.39, 0.29) is 17.8 Å². The van der Waals surface area contributed by atoms with Crippen molar-refractivity contribution >= 4 is 22.7 Å². The summed E-state index contributed by atoms with van der Waals surface area (Å²) in [5.74, 6) is -0.173. The van der Waals surface area contributed by atoms with Gasteiger partial charge in [0.15, 0.2) is 0 Å². The molecule has 0 radical (unpaired) electrons. The summed E-state index contributed by atoms with van der Waals surface area (Å²) < 4.78 is 14.1. The SMILES string of the molecule is Cc1ccc(F)c2cc(C(=O)N[C@@H]3CCC[C@H](N4CCN5C(=O)CCC5C4)C3)[nH]c12. The maximum absolute atomic E-state index is 14.1. The normalized spacial score (nSPS) is 27.5. The Kier molecular flexibility index (Phi) is 5.01. The van der Waals surface area contributed by atoms with Crippen molar-refractivity contribution in [1.29, 1.82) is 0 Å². The van der Waals surface area contributed by atoms with Crippen LogP contribution in [0.4, 0.5) is 4.39 Å². The number of fused-ring (bicyclic) bond motifs is 2. The molecule has 30 heavy (non-hydrogen) atoms. The van der Waals surface area contributed by atoms with Gasteiger partial charge in [-0.2, -0.15) is 0 Å². The quantitative estimate of drug-likeness (QED) is 0.815. The minimum Gasteiger partial charge on any atom is -0.350 e. The number of carbonyl (C=O) groups is 2. The second kappa shape index (κ2) is 7.69. The molecule has 160 valence electrons. The zero-order valence-corrected chi connectivity index (χ0v) is 17.4. The predicted octanol–water partition coefficient (Wildman–Crippen LogP) is 2.96. The van der Waals surface area contributed by atoms with Gasteiger partial charge in [-0.1, -0.05) is 6.07 Å². The molecule has 1 aliphatic carbocycles. The van der Waals surface area contributed by atoms with Crippen molar-refractivity contribution < 1.29 is 14.0 Å². The highest BCUT2D eigenvalue weighted by Crippen LogP contribution is 2.29. The first-order valence-electron chi connectivity index (χ1n) is 11.1. The Morgan fingerprint density at radius 3 is 2.90 bits per heavy atom. The molecule has 2 saturated heterocycles. The lowest BCUT2D eigenvalue weighted by Gasteiger charge is -2.44. The van der Waals surface area contributed by atoms with Crippen LogP contribution in [-0.2, 0) is 4.79 Å². The molecule has 3 fully saturated rings. The number of benzene rings is 1. The number of H-pyrrole nitrogens is 1. The van der Waals surface area contributed by atoms with E-state index >= 15 is 0 Å². The van der Waals surface area contributed by atoms with Gasteiger partial charge in [0.1, 0.15) is 11.5 Å². The maximum Gasteiger partial charge on any atom is 0.267 e. The summed E-state index contributed by atoms with van der Waals surface area (Å²) >= 11 is 0. The van der Waals surface area contributed by atoms with Crippen molar-refractivity contribution in [3.8, 4) is 0 Å². The van der Waals surface area contributed by atoms with Crippen LogP contribution in [0.15, 0.2) is 18.2 Å². The van der Waals surface area contributed by atoms with Crippen LogP contribution >= 0.6 is 0 Å². The van der Waals surface area contributed by atoms with E-state index in [1.165, 1.54) is 6.07 Å². The standard InChI is InChI=1S/C23H29FN4O2/c1-14-5-7-19(24)18-12-20(26-22(14)18)23(30)25-15-3-2-4-16(11-15)27-9-10-28-17(13-27)6-8-21(28)29/h5,7,12,15-17,26H,2-4,6,8-11,13H2,1H3,(H,25,30)/t15-,16+,17?/m1/s1. The van der Waals surface area contributed by atoms with Crippen LogP contribution in [0.1, 0.15) is 54.6 Å². The van der Waals surface area contributed by atoms with Crippen LogP contribution in [-0.4, -0.2) is 64.4 Å². The Morgan fingerprint density at radius 2 is 2.07 bits per heavy atom. The predicted molar refractivity (Wildman–Crippen MR) is 113 cm³/mol. The molecule has 2 aliphatic heterocycles. The molecule has 0 spiro atoms. The Balaban J connectivity index is 1.23. The number of nitrogens with zero attached hydrogens (tertiary/aromatic N) is 2. The number of aromatic nitrogens is 1. The Bertz CT molecular complexity index is 948. The van der Waals surface area contributed by atoms with Gasteiger partial charge in [-0.25, -0.2) is 4.39 Å². The van der Waals surface area contributed by atoms with Gasteiger partial charge < -0.3 is 15.2 Å². The van der Waals surface area contributed by atoms with Crippen molar-refractivity contribution in [2.75, 3.05) is 19.6 Å². The minimum absolute atomic E-state index is 0.122. The number of aromatic amines is 1. The smallest absolute Gasteiger partial charge is 0.267 e. The number of hydrogen-bond acceptors (Lipinski definition) is 3. The van der Waals surface area contributed by atoms with E-state index in [4.69, 9.17) is 0 Å². The Labute approximate surface area is 175 Å². The molecular formula is C23H29FN4O2.